The summed E-state index contributed by atoms with van der Waals surface area (Å²) in [6, 6.07) is 5.99. The van der Waals surface area contributed by atoms with E-state index in [0.717, 1.165) is 49.8 Å². The van der Waals surface area contributed by atoms with E-state index in [9.17, 15) is 5.11 Å². The van der Waals surface area contributed by atoms with Crippen molar-refractivity contribution in [1.82, 2.24) is 10.2 Å². The van der Waals surface area contributed by atoms with Crippen molar-refractivity contribution in [3.8, 4) is 11.5 Å². The molecule has 1 saturated heterocycles. The van der Waals surface area contributed by atoms with Gasteiger partial charge in [-0.3, -0.25) is 4.90 Å². The minimum atomic E-state index is -0.705. The van der Waals surface area contributed by atoms with Gasteiger partial charge in [0.15, 0.2) is 0 Å². The lowest BCUT2D eigenvalue weighted by molar-refractivity contribution is 0.0236. The molecule has 1 aromatic carbocycles. The summed E-state index contributed by atoms with van der Waals surface area (Å²) in [5.74, 6) is 1.62. The first-order valence-electron chi connectivity index (χ1n) is 8.55. The van der Waals surface area contributed by atoms with Gasteiger partial charge in [-0.25, -0.2) is 0 Å². The smallest absolute Gasteiger partial charge is 0.124 e. The summed E-state index contributed by atoms with van der Waals surface area (Å²) in [5, 5.41) is 13.5. The number of β-amino-alcohol motifs (C(OH)–C–C–N with tert-alkyl or cyclic N) is 1. The predicted molar refractivity (Wildman–Crippen MR) is 97.4 cm³/mol. The SMILES string of the molecule is CNCC(C)(O)CN1CCCN(c2cc(OC)cc(OC)c2)CC1. The van der Waals surface area contributed by atoms with E-state index in [-0.39, 0.29) is 0 Å². The zero-order valence-electron chi connectivity index (χ0n) is 15.3. The van der Waals surface area contributed by atoms with Crippen LogP contribution in [-0.2, 0) is 0 Å². The quantitative estimate of drug-likeness (QED) is 0.779. The van der Waals surface area contributed by atoms with E-state index in [1.807, 2.05) is 20.0 Å². The largest absolute Gasteiger partial charge is 0.497 e. The van der Waals surface area contributed by atoms with Crippen molar-refractivity contribution in [2.75, 3.05) is 65.4 Å². The second-order valence-electron chi connectivity index (χ2n) is 6.71. The Hall–Kier alpha value is -1.50. The Kier molecular flexibility index (Phi) is 6.71. The Morgan fingerprint density at radius 3 is 2.33 bits per heavy atom. The van der Waals surface area contributed by atoms with Crippen LogP contribution in [0.2, 0.25) is 0 Å². The summed E-state index contributed by atoms with van der Waals surface area (Å²) in [6.07, 6.45) is 1.06. The van der Waals surface area contributed by atoms with Gasteiger partial charge < -0.3 is 24.8 Å². The van der Waals surface area contributed by atoms with Crippen LogP contribution < -0.4 is 19.7 Å². The van der Waals surface area contributed by atoms with E-state index in [4.69, 9.17) is 9.47 Å². The van der Waals surface area contributed by atoms with Gasteiger partial charge in [0.2, 0.25) is 0 Å². The maximum absolute atomic E-state index is 10.4. The third-order valence-corrected chi connectivity index (χ3v) is 4.41. The lowest BCUT2D eigenvalue weighted by atomic mass is 10.1. The summed E-state index contributed by atoms with van der Waals surface area (Å²) >= 11 is 0. The number of anilines is 1. The molecule has 24 heavy (non-hydrogen) atoms. The van der Waals surface area contributed by atoms with Gasteiger partial charge in [-0.2, -0.15) is 0 Å². The molecule has 0 bridgehead atoms. The highest BCUT2D eigenvalue weighted by molar-refractivity contribution is 5.55. The molecular formula is C18H31N3O3. The van der Waals surface area contributed by atoms with Crippen LogP contribution in [0.3, 0.4) is 0 Å². The number of nitrogens with zero attached hydrogens (tertiary/aromatic N) is 2. The number of rotatable bonds is 7. The topological polar surface area (TPSA) is 57.2 Å². The van der Waals surface area contributed by atoms with Crippen molar-refractivity contribution < 1.29 is 14.6 Å². The Morgan fingerprint density at radius 2 is 1.75 bits per heavy atom. The van der Waals surface area contributed by atoms with E-state index in [0.29, 0.717) is 13.1 Å². The molecule has 0 saturated carbocycles. The normalized spacial score (nSPS) is 18.8. The molecule has 6 heteroatoms. The summed E-state index contributed by atoms with van der Waals surface area (Å²) < 4.78 is 10.8. The van der Waals surface area contributed by atoms with Crippen LogP contribution in [0.15, 0.2) is 18.2 Å². The predicted octanol–water partition coefficient (Wildman–Crippen LogP) is 1.19. The molecule has 1 aromatic rings. The van der Waals surface area contributed by atoms with Crippen LogP contribution in [0, 0.1) is 0 Å². The molecule has 2 rings (SSSR count). The molecule has 2 N–H and O–H groups in total. The number of hydrogen-bond acceptors (Lipinski definition) is 6. The molecule has 0 spiro atoms. The van der Waals surface area contributed by atoms with E-state index >= 15 is 0 Å². The molecule has 0 aliphatic carbocycles. The molecule has 0 amide bonds. The third-order valence-electron chi connectivity index (χ3n) is 4.41. The molecule has 1 atom stereocenters. The number of aliphatic hydroxyl groups is 1. The van der Waals surface area contributed by atoms with Crippen molar-refractivity contribution in [2.24, 2.45) is 0 Å². The van der Waals surface area contributed by atoms with Crippen LogP contribution in [-0.4, -0.2) is 76.1 Å². The highest BCUT2D eigenvalue weighted by Gasteiger charge is 2.25. The number of hydrogen-bond donors (Lipinski definition) is 2. The third kappa shape index (κ3) is 5.26. The highest BCUT2D eigenvalue weighted by Crippen LogP contribution is 2.29. The van der Waals surface area contributed by atoms with Gasteiger partial charge in [-0.1, -0.05) is 0 Å². The molecular weight excluding hydrogens is 306 g/mol. The first kappa shape index (κ1) is 18.8. The van der Waals surface area contributed by atoms with Crippen molar-refractivity contribution in [1.29, 1.82) is 0 Å². The fraction of sp³-hybridized carbons (Fsp3) is 0.667. The molecule has 1 aliphatic heterocycles. The summed E-state index contributed by atoms with van der Waals surface area (Å²) in [4.78, 5) is 4.70. The molecule has 0 aromatic heterocycles. The average molecular weight is 337 g/mol. The van der Waals surface area contributed by atoms with Gasteiger partial charge in [0.25, 0.3) is 0 Å². The molecule has 136 valence electrons. The number of ether oxygens (including phenoxy) is 2. The molecule has 1 fully saturated rings. The van der Waals surface area contributed by atoms with Gasteiger partial charge >= 0.3 is 0 Å². The second-order valence-corrected chi connectivity index (χ2v) is 6.71. The maximum Gasteiger partial charge on any atom is 0.124 e. The van der Waals surface area contributed by atoms with Crippen LogP contribution in [0.1, 0.15) is 13.3 Å². The monoisotopic (exact) mass is 337 g/mol. The summed E-state index contributed by atoms with van der Waals surface area (Å²) in [5.41, 5.74) is 0.415. The van der Waals surface area contributed by atoms with E-state index in [1.165, 1.54) is 0 Å². The fourth-order valence-electron chi connectivity index (χ4n) is 3.28. The highest BCUT2D eigenvalue weighted by atomic mass is 16.5. The Bertz CT molecular complexity index is 500. The number of likely N-dealkylation sites (N-methyl/N-ethyl adjacent to an activating group) is 1. The molecule has 1 heterocycles. The molecule has 1 unspecified atom stereocenters. The van der Waals surface area contributed by atoms with Gasteiger partial charge in [0.1, 0.15) is 11.5 Å². The van der Waals surface area contributed by atoms with Gasteiger partial charge in [-0.05, 0) is 20.4 Å². The van der Waals surface area contributed by atoms with Crippen LogP contribution in [0.25, 0.3) is 0 Å². The Balaban J connectivity index is 2.03. The lowest BCUT2D eigenvalue weighted by Gasteiger charge is -2.31. The van der Waals surface area contributed by atoms with Gasteiger partial charge in [0, 0.05) is 63.2 Å². The standard InChI is InChI=1S/C18H31N3O3/c1-18(22,13-19-2)14-20-6-5-7-21(9-8-20)15-10-16(23-3)12-17(11-15)24-4/h10-12,19,22H,5-9,13-14H2,1-4H3. The number of benzene rings is 1. The fourth-order valence-corrected chi connectivity index (χ4v) is 3.28. The van der Waals surface area contributed by atoms with Crippen LogP contribution >= 0.6 is 0 Å². The number of nitrogens with one attached hydrogen (secondary N) is 1. The van der Waals surface area contributed by atoms with Crippen molar-refractivity contribution in [2.45, 2.75) is 18.9 Å². The summed E-state index contributed by atoms with van der Waals surface area (Å²) in [6.45, 7) is 7.01. The zero-order valence-corrected chi connectivity index (χ0v) is 15.3. The van der Waals surface area contributed by atoms with E-state index < -0.39 is 5.60 Å². The molecule has 0 radical (unpaired) electrons. The van der Waals surface area contributed by atoms with Gasteiger partial charge in [0.05, 0.1) is 19.8 Å². The van der Waals surface area contributed by atoms with Crippen molar-refractivity contribution in [3.05, 3.63) is 18.2 Å². The van der Waals surface area contributed by atoms with Crippen LogP contribution in [0.4, 0.5) is 5.69 Å². The first-order valence-corrected chi connectivity index (χ1v) is 8.55. The number of methoxy groups -OCH3 is 2. The Morgan fingerprint density at radius 1 is 1.08 bits per heavy atom. The molecule has 6 nitrogen and oxygen atoms in total. The van der Waals surface area contributed by atoms with Crippen molar-refractivity contribution in [3.63, 3.8) is 0 Å². The van der Waals surface area contributed by atoms with E-state index in [1.54, 1.807) is 14.2 Å². The minimum absolute atomic E-state index is 0.598. The van der Waals surface area contributed by atoms with Crippen molar-refractivity contribution >= 4 is 5.69 Å². The second kappa shape index (κ2) is 8.55. The van der Waals surface area contributed by atoms with Gasteiger partial charge in [-0.15, -0.1) is 0 Å². The molecule has 1 aliphatic rings. The summed E-state index contributed by atoms with van der Waals surface area (Å²) in [7, 11) is 5.22. The average Bonchev–Trinajstić information content (AvgIpc) is 2.79. The lowest BCUT2D eigenvalue weighted by Crippen LogP contribution is -2.47. The minimum Gasteiger partial charge on any atom is -0.497 e. The van der Waals surface area contributed by atoms with E-state index in [2.05, 4.69) is 27.2 Å². The zero-order chi connectivity index (χ0) is 17.6. The maximum atomic E-state index is 10.4. The van der Waals surface area contributed by atoms with Crippen LogP contribution in [0.5, 0.6) is 11.5 Å². The first-order chi connectivity index (χ1) is 11.5. The Labute approximate surface area is 145 Å².